The van der Waals surface area contributed by atoms with E-state index in [4.69, 9.17) is 0 Å². The standard InChI is InChI=1S/C23H37N5O/c1-2-24-23(26-18-22(29)28-15-7-8-16-28)25-17-20-9-11-21(12-10-20)19-27-13-5-3-4-6-14-27/h9-12H,2-8,13-19H2,1H3,(H2,24,25,26). The number of nitrogens with zero attached hydrogens (tertiary/aromatic N) is 3. The van der Waals surface area contributed by atoms with Gasteiger partial charge in [0.1, 0.15) is 0 Å². The van der Waals surface area contributed by atoms with Crippen LogP contribution in [0.25, 0.3) is 0 Å². The number of aliphatic imine (C=N–C) groups is 1. The first kappa shape index (κ1) is 21.6. The Bertz CT molecular complexity index is 644. The number of guanidine groups is 1. The van der Waals surface area contributed by atoms with Gasteiger partial charge in [-0.05, 0) is 56.8 Å². The maximum absolute atomic E-state index is 12.2. The first-order valence-electron chi connectivity index (χ1n) is 11.3. The highest BCUT2D eigenvalue weighted by Crippen LogP contribution is 2.14. The number of hydrogen-bond acceptors (Lipinski definition) is 3. The molecule has 0 unspecified atom stereocenters. The van der Waals surface area contributed by atoms with Gasteiger partial charge in [0.15, 0.2) is 5.96 Å². The zero-order valence-corrected chi connectivity index (χ0v) is 18.0. The number of nitrogens with one attached hydrogen (secondary N) is 2. The number of rotatable bonds is 7. The molecular weight excluding hydrogens is 362 g/mol. The van der Waals surface area contributed by atoms with E-state index in [0.717, 1.165) is 39.0 Å². The average Bonchev–Trinajstić information content (AvgIpc) is 3.16. The highest BCUT2D eigenvalue weighted by molar-refractivity contribution is 5.86. The molecule has 2 fully saturated rings. The third-order valence-electron chi connectivity index (χ3n) is 5.76. The second-order valence-electron chi connectivity index (χ2n) is 8.14. The second kappa shape index (κ2) is 11.8. The number of hydrogen-bond donors (Lipinski definition) is 2. The summed E-state index contributed by atoms with van der Waals surface area (Å²) in [5.41, 5.74) is 2.56. The molecule has 0 saturated carbocycles. The second-order valence-corrected chi connectivity index (χ2v) is 8.14. The minimum absolute atomic E-state index is 0.158. The van der Waals surface area contributed by atoms with E-state index < -0.39 is 0 Å². The zero-order chi connectivity index (χ0) is 20.3. The van der Waals surface area contributed by atoms with Gasteiger partial charge < -0.3 is 15.5 Å². The van der Waals surface area contributed by atoms with Gasteiger partial charge in [0, 0.05) is 26.2 Å². The smallest absolute Gasteiger partial charge is 0.241 e. The summed E-state index contributed by atoms with van der Waals surface area (Å²) in [7, 11) is 0. The normalized spacial score (nSPS) is 18.5. The van der Waals surface area contributed by atoms with Crippen LogP contribution in [-0.2, 0) is 17.9 Å². The third kappa shape index (κ3) is 7.35. The molecule has 3 rings (SSSR count). The van der Waals surface area contributed by atoms with Crippen molar-refractivity contribution in [2.45, 2.75) is 58.5 Å². The highest BCUT2D eigenvalue weighted by Gasteiger charge is 2.17. The van der Waals surface area contributed by atoms with Gasteiger partial charge >= 0.3 is 0 Å². The lowest BCUT2D eigenvalue weighted by molar-refractivity contribution is -0.128. The Hall–Kier alpha value is -2.08. The molecule has 0 bridgehead atoms. The predicted octanol–water partition coefficient (Wildman–Crippen LogP) is 2.74. The average molecular weight is 400 g/mol. The molecule has 0 aliphatic carbocycles. The predicted molar refractivity (Wildman–Crippen MR) is 119 cm³/mol. The Balaban J connectivity index is 1.48. The van der Waals surface area contributed by atoms with Crippen LogP contribution in [0.3, 0.4) is 0 Å². The number of likely N-dealkylation sites (tertiary alicyclic amines) is 2. The fourth-order valence-corrected chi connectivity index (χ4v) is 4.05. The molecule has 0 atom stereocenters. The van der Waals surface area contributed by atoms with Crippen molar-refractivity contribution in [1.29, 1.82) is 0 Å². The maximum atomic E-state index is 12.2. The molecule has 2 heterocycles. The zero-order valence-electron chi connectivity index (χ0n) is 18.0. The fraction of sp³-hybridized carbons (Fsp3) is 0.652. The van der Waals surface area contributed by atoms with E-state index in [-0.39, 0.29) is 5.91 Å². The van der Waals surface area contributed by atoms with Crippen molar-refractivity contribution in [3.63, 3.8) is 0 Å². The SMILES string of the molecule is CCNC(=NCc1ccc(CN2CCCCCC2)cc1)NCC(=O)N1CCCC1. The number of benzene rings is 1. The topological polar surface area (TPSA) is 60.0 Å². The van der Waals surface area contributed by atoms with Crippen molar-refractivity contribution in [3.8, 4) is 0 Å². The van der Waals surface area contributed by atoms with Crippen LogP contribution in [0, 0.1) is 0 Å². The van der Waals surface area contributed by atoms with Crippen molar-refractivity contribution in [1.82, 2.24) is 20.4 Å². The number of carbonyl (C=O) groups excluding carboxylic acids is 1. The summed E-state index contributed by atoms with van der Waals surface area (Å²) in [5, 5.41) is 6.41. The van der Waals surface area contributed by atoms with E-state index in [1.165, 1.54) is 49.9 Å². The maximum Gasteiger partial charge on any atom is 0.241 e. The summed E-state index contributed by atoms with van der Waals surface area (Å²) >= 11 is 0. The molecule has 2 N–H and O–H groups in total. The van der Waals surface area contributed by atoms with E-state index in [2.05, 4.69) is 44.8 Å². The highest BCUT2D eigenvalue weighted by atomic mass is 16.2. The molecule has 2 saturated heterocycles. The Morgan fingerprint density at radius 2 is 1.52 bits per heavy atom. The summed E-state index contributed by atoms with van der Waals surface area (Å²) < 4.78 is 0. The summed E-state index contributed by atoms with van der Waals surface area (Å²) in [4.78, 5) is 21.4. The van der Waals surface area contributed by atoms with E-state index in [1.807, 2.05) is 11.8 Å². The molecule has 1 aromatic rings. The molecule has 2 aliphatic rings. The lowest BCUT2D eigenvalue weighted by Gasteiger charge is -2.19. The molecular formula is C23H37N5O. The molecule has 0 radical (unpaired) electrons. The monoisotopic (exact) mass is 399 g/mol. The Labute approximate surface area is 175 Å². The van der Waals surface area contributed by atoms with Gasteiger partial charge in [0.05, 0.1) is 13.1 Å². The van der Waals surface area contributed by atoms with Crippen LogP contribution in [-0.4, -0.2) is 60.9 Å². The van der Waals surface area contributed by atoms with E-state index in [1.54, 1.807) is 0 Å². The Morgan fingerprint density at radius 1 is 0.897 bits per heavy atom. The van der Waals surface area contributed by atoms with Crippen molar-refractivity contribution in [2.24, 2.45) is 4.99 Å². The largest absolute Gasteiger partial charge is 0.357 e. The van der Waals surface area contributed by atoms with Gasteiger partial charge in [0.25, 0.3) is 0 Å². The minimum Gasteiger partial charge on any atom is -0.357 e. The van der Waals surface area contributed by atoms with Gasteiger partial charge in [-0.25, -0.2) is 4.99 Å². The van der Waals surface area contributed by atoms with Crippen LogP contribution in [0.2, 0.25) is 0 Å². The molecule has 2 aliphatic heterocycles. The Kier molecular flexibility index (Phi) is 8.81. The fourth-order valence-electron chi connectivity index (χ4n) is 4.05. The van der Waals surface area contributed by atoms with Gasteiger partial charge in [-0.15, -0.1) is 0 Å². The van der Waals surface area contributed by atoms with E-state index >= 15 is 0 Å². The quantitative estimate of drug-likeness (QED) is 0.547. The van der Waals surface area contributed by atoms with Crippen LogP contribution < -0.4 is 10.6 Å². The van der Waals surface area contributed by atoms with Crippen molar-refractivity contribution in [2.75, 3.05) is 39.3 Å². The van der Waals surface area contributed by atoms with E-state index in [0.29, 0.717) is 19.0 Å². The molecule has 6 nitrogen and oxygen atoms in total. The van der Waals surface area contributed by atoms with Crippen molar-refractivity contribution in [3.05, 3.63) is 35.4 Å². The Morgan fingerprint density at radius 3 is 2.17 bits per heavy atom. The summed E-state index contributed by atoms with van der Waals surface area (Å²) in [6.07, 6.45) is 7.64. The lowest BCUT2D eigenvalue weighted by Crippen LogP contribution is -2.44. The molecule has 6 heteroatoms. The molecule has 1 aromatic carbocycles. The molecule has 29 heavy (non-hydrogen) atoms. The summed E-state index contributed by atoms with van der Waals surface area (Å²) in [6, 6.07) is 8.81. The third-order valence-corrected chi connectivity index (χ3v) is 5.76. The number of carbonyl (C=O) groups is 1. The van der Waals surface area contributed by atoms with Crippen molar-refractivity contribution < 1.29 is 4.79 Å². The van der Waals surface area contributed by atoms with Gasteiger partial charge in [0.2, 0.25) is 5.91 Å². The van der Waals surface area contributed by atoms with E-state index in [9.17, 15) is 4.79 Å². The van der Waals surface area contributed by atoms with Gasteiger partial charge in [-0.1, -0.05) is 37.1 Å². The van der Waals surface area contributed by atoms with Crippen LogP contribution in [0.15, 0.2) is 29.3 Å². The molecule has 160 valence electrons. The van der Waals surface area contributed by atoms with Crippen molar-refractivity contribution >= 4 is 11.9 Å². The van der Waals surface area contributed by atoms with Gasteiger partial charge in [-0.2, -0.15) is 0 Å². The lowest BCUT2D eigenvalue weighted by atomic mass is 10.1. The van der Waals surface area contributed by atoms with Crippen LogP contribution >= 0.6 is 0 Å². The van der Waals surface area contributed by atoms with Crippen LogP contribution in [0.4, 0.5) is 0 Å². The molecule has 0 spiro atoms. The first-order chi connectivity index (χ1) is 14.2. The number of amides is 1. The van der Waals surface area contributed by atoms with Crippen LogP contribution in [0.1, 0.15) is 56.6 Å². The van der Waals surface area contributed by atoms with Crippen LogP contribution in [0.5, 0.6) is 0 Å². The first-order valence-corrected chi connectivity index (χ1v) is 11.3. The molecule has 1 amide bonds. The summed E-state index contributed by atoms with van der Waals surface area (Å²) in [6.45, 7) is 9.00. The van der Waals surface area contributed by atoms with Gasteiger partial charge in [-0.3, -0.25) is 9.69 Å². The molecule has 0 aromatic heterocycles. The minimum atomic E-state index is 0.158. The summed E-state index contributed by atoms with van der Waals surface area (Å²) in [5.74, 6) is 0.861.